The van der Waals surface area contributed by atoms with E-state index in [-0.39, 0.29) is 19.1 Å². The molecule has 0 aliphatic rings. The molecule has 0 atom stereocenters. The summed E-state index contributed by atoms with van der Waals surface area (Å²) >= 11 is 5.06. The Morgan fingerprint density at radius 2 is 2.00 bits per heavy atom. The highest BCUT2D eigenvalue weighted by Gasteiger charge is 2.33. The molecule has 0 bridgehead atoms. The summed E-state index contributed by atoms with van der Waals surface area (Å²) in [5, 5.41) is 20.9. The maximum absolute atomic E-state index is 9.45. The van der Waals surface area contributed by atoms with Crippen LogP contribution in [0.4, 0.5) is 0 Å². The molecule has 2 nitrogen and oxygen atoms in total. The molecule has 0 saturated heterocycles. The summed E-state index contributed by atoms with van der Waals surface area (Å²) in [5.74, 6) is 0.258. The van der Waals surface area contributed by atoms with E-state index in [1.54, 1.807) is 11.3 Å². The molecule has 4 heteroatoms. The molecule has 0 fully saturated rings. The molecule has 0 aliphatic heterocycles. The minimum atomic E-state index is -0.399. The van der Waals surface area contributed by atoms with Crippen molar-refractivity contribution in [1.82, 2.24) is 0 Å². The molecule has 86 valence electrons. The lowest BCUT2D eigenvalue weighted by atomic mass is 9.75. The molecule has 0 unspecified atom stereocenters. The minimum absolute atomic E-state index is 0.0245. The van der Waals surface area contributed by atoms with Crippen LogP contribution in [-0.4, -0.2) is 23.4 Å². The van der Waals surface area contributed by atoms with E-state index in [1.165, 1.54) is 4.88 Å². The normalized spacial score (nSPS) is 12.4. The van der Waals surface area contributed by atoms with Gasteiger partial charge in [0.15, 0.2) is 0 Å². The summed E-state index contributed by atoms with van der Waals surface area (Å²) in [6.45, 7) is 4.12. The standard InChI is InChI=1S/C11H17BrO2S/c1-8(2)11(6-13,7-14)4-10-3-9(12)5-15-10/h3,5,8,13-14H,4,6-7H2,1-2H3. The maximum Gasteiger partial charge on any atom is 0.0515 e. The van der Waals surface area contributed by atoms with E-state index in [9.17, 15) is 10.2 Å². The first-order chi connectivity index (χ1) is 7.04. The van der Waals surface area contributed by atoms with Crippen LogP contribution in [0.5, 0.6) is 0 Å². The van der Waals surface area contributed by atoms with Crippen LogP contribution in [-0.2, 0) is 6.42 Å². The van der Waals surface area contributed by atoms with E-state index < -0.39 is 5.41 Å². The van der Waals surface area contributed by atoms with Gasteiger partial charge in [0.05, 0.1) is 13.2 Å². The topological polar surface area (TPSA) is 40.5 Å². The van der Waals surface area contributed by atoms with Crippen molar-refractivity contribution in [2.45, 2.75) is 20.3 Å². The van der Waals surface area contributed by atoms with Crippen LogP contribution in [0.25, 0.3) is 0 Å². The first-order valence-corrected chi connectivity index (χ1v) is 6.66. The summed E-state index contributed by atoms with van der Waals surface area (Å²) in [6.07, 6.45) is 0.730. The van der Waals surface area contributed by atoms with E-state index in [1.807, 2.05) is 25.3 Å². The minimum Gasteiger partial charge on any atom is -0.396 e. The molecule has 2 N–H and O–H groups in total. The van der Waals surface area contributed by atoms with Crippen LogP contribution >= 0.6 is 27.3 Å². The third-order valence-electron chi connectivity index (χ3n) is 3.00. The van der Waals surface area contributed by atoms with Crippen LogP contribution in [0.2, 0.25) is 0 Å². The number of thiophene rings is 1. The van der Waals surface area contributed by atoms with Gasteiger partial charge >= 0.3 is 0 Å². The van der Waals surface area contributed by atoms with Crippen molar-refractivity contribution >= 4 is 27.3 Å². The second kappa shape index (κ2) is 5.43. The quantitative estimate of drug-likeness (QED) is 0.876. The van der Waals surface area contributed by atoms with Gasteiger partial charge < -0.3 is 10.2 Å². The Labute approximate surface area is 103 Å². The molecule has 1 heterocycles. The molecule has 0 saturated carbocycles. The highest BCUT2D eigenvalue weighted by atomic mass is 79.9. The molecule has 1 aromatic rings. The largest absolute Gasteiger partial charge is 0.396 e. The van der Waals surface area contributed by atoms with Gasteiger partial charge in [-0.1, -0.05) is 13.8 Å². The van der Waals surface area contributed by atoms with Crippen LogP contribution in [0.15, 0.2) is 15.9 Å². The van der Waals surface area contributed by atoms with Gasteiger partial charge in [0.25, 0.3) is 0 Å². The predicted octanol–water partition coefficient (Wildman–Crippen LogP) is 2.68. The van der Waals surface area contributed by atoms with Gasteiger partial charge in [-0.05, 0) is 34.3 Å². The van der Waals surface area contributed by atoms with Crippen molar-refractivity contribution in [2.24, 2.45) is 11.3 Å². The van der Waals surface area contributed by atoms with Crippen LogP contribution in [0.3, 0.4) is 0 Å². The van der Waals surface area contributed by atoms with Crippen molar-refractivity contribution in [1.29, 1.82) is 0 Å². The van der Waals surface area contributed by atoms with Gasteiger partial charge in [0.2, 0.25) is 0 Å². The summed E-state index contributed by atoms with van der Waals surface area (Å²) in [6, 6.07) is 2.05. The van der Waals surface area contributed by atoms with E-state index in [2.05, 4.69) is 15.9 Å². The lowest BCUT2D eigenvalue weighted by Gasteiger charge is -2.33. The molecule has 0 spiro atoms. The molecule has 0 amide bonds. The molecule has 1 aromatic heterocycles. The molecule has 0 radical (unpaired) electrons. The Kier molecular flexibility index (Phi) is 4.77. The first-order valence-electron chi connectivity index (χ1n) is 4.98. The Bertz CT molecular complexity index is 305. The third kappa shape index (κ3) is 3.03. The Hall–Kier alpha value is 0.1000. The molecule has 0 aromatic carbocycles. The average Bonchev–Trinajstić information content (AvgIpc) is 2.60. The number of halogens is 1. The van der Waals surface area contributed by atoms with Crippen molar-refractivity contribution in [3.05, 3.63) is 20.8 Å². The zero-order valence-electron chi connectivity index (χ0n) is 9.03. The zero-order valence-corrected chi connectivity index (χ0v) is 11.4. The number of aliphatic hydroxyl groups is 2. The number of rotatable bonds is 5. The highest BCUT2D eigenvalue weighted by molar-refractivity contribution is 9.10. The van der Waals surface area contributed by atoms with Gasteiger partial charge in [-0.15, -0.1) is 11.3 Å². The van der Waals surface area contributed by atoms with Crippen molar-refractivity contribution in [3.8, 4) is 0 Å². The van der Waals surface area contributed by atoms with Gasteiger partial charge in [0.1, 0.15) is 0 Å². The fourth-order valence-corrected chi connectivity index (χ4v) is 3.13. The lowest BCUT2D eigenvalue weighted by Crippen LogP contribution is -2.37. The summed E-state index contributed by atoms with van der Waals surface area (Å²) in [7, 11) is 0. The van der Waals surface area contributed by atoms with Gasteiger partial charge in [-0.25, -0.2) is 0 Å². The summed E-state index contributed by atoms with van der Waals surface area (Å²) in [4.78, 5) is 1.19. The number of hydrogen-bond acceptors (Lipinski definition) is 3. The molecule has 1 rings (SSSR count). The van der Waals surface area contributed by atoms with Gasteiger partial charge in [0, 0.05) is 20.1 Å². The zero-order chi connectivity index (χ0) is 11.5. The van der Waals surface area contributed by atoms with E-state index in [0.29, 0.717) is 0 Å². The fourth-order valence-electron chi connectivity index (χ4n) is 1.52. The third-order valence-corrected chi connectivity index (χ3v) is 4.70. The van der Waals surface area contributed by atoms with Crippen LogP contribution in [0, 0.1) is 11.3 Å². The van der Waals surface area contributed by atoms with Crippen LogP contribution < -0.4 is 0 Å². The van der Waals surface area contributed by atoms with Gasteiger partial charge in [-0.2, -0.15) is 0 Å². The summed E-state index contributed by atoms with van der Waals surface area (Å²) < 4.78 is 1.07. The predicted molar refractivity (Wildman–Crippen MR) is 67.2 cm³/mol. The Balaban J connectivity index is 2.83. The fraction of sp³-hybridized carbons (Fsp3) is 0.636. The Morgan fingerprint density at radius 3 is 2.33 bits per heavy atom. The van der Waals surface area contributed by atoms with E-state index >= 15 is 0 Å². The first kappa shape index (κ1) is 13.2. The SMILES string of the molecule is CC(C)C(CO)(CO)Cc1cc(Br)cs1. The van der Waals surface area contributed by atoms with Gasteiger partial charge in [-0.3, -0.25) is 0 Å². The maximum atomic E-state index is 9.45. The summed E-state index contributed by atoms with van der Waals surface area (Å²) in [5.41, 5.74) is -0.399. The van der Waals surface area contributed by atoms with Crippen molar-refractivity contribution < 1.29 is 10.2 Å². The van der Waals surface area contributed by atoms with Crippen molar-refractivity contribution in [2.75, 3.05) is 13.2 Å². The Morgan fingerprint density at radius 1 is 1.40 bits per heavy atom. The van der Waals surface area contributed by atoms with E-state index in [0.717, 1.165) is 10.9 Å². The monoisotopic (exact) mass is 292 g/mol. The second-order valence-corrected chi connectivity index (χ2v) is 6.15. The van der Waals surface area contributed by atoms with Crippen molar-refractivity contribution in [3.63, 3.8) is 0 Å². The second-order valence-electron chi connectivity index (χ2n) is 4.24. The molecular formula is C11H17BrO2S. The molecule has 15 heavy (non-hydrogen) atoms. The average molecular weight is 293 g/mol. The molecule has 0 aliphatic carbocycles. The van der Waals surface area contributed by atoms with Crippen LogP contribution in [0.1, 0.15) is 18.7 Å². The highest BCUT2D eigenvalue weighted by Crippen LogP contribution is 2.33. The molecular weight excluding hydrogens is 276 g/mol. The lowest BCUT2D eigenvalue weighted by molar-refractivity contribution is 0.0169. The number of aliphatic hydroxyl groups excluding tert-OH is 2. The number of hydrogen-bond donors (Lipinski definition) is 2. The smallest absolute Gasteiger partial charge is 0.0515 e. The van der Waals surface area contributed by atoms with E-state index in [4.69, 9.17) is 0 Å².